The lowest BCUT2D eigenvalue weighted by atomic mass is 9.90. The molecule has 11 rings (SSSR count). The second-order valence-corrected chi connectivity index (χ2v) is 20.4. The van der Waals surface area contributed by atoms with E-state index in [0.29, 0.717) is 103 Å². The number of hydrogen-bond donors (Lipinski definition) is 4. The molecule has 4 aliphatic heterocycles. The van der Waals surface area contributed by atoms with Gasteiger partial charge in [0.2, 0.25) is 11.8 Å². The Kier molecular flexibility index (Phi) is 12.3. The number of aromatic amines is 2. The number of carbonyl (C=O) groups is 4. The molecule has 4 saturated heterocycles. The zero-order valence-corrected chi connectivity index (χ0v) is 40.2. The number of nitrogens with zero attached hydrogens (tertiary/aromatic N) is 4. The van der Waals surface area contributed by atoms with Crippen molar-refractivity contribution in [3.8, 4) is 33.6 Å². The van der Waals surface area contributed by atoms with E-state index in [-0.39, 0.29) is 47.8 Å². The van der Waals surface area contributed by atoms with Crippen molar-refractivity contribution in [2.45, 2.75) is 88.1 Å². The highest BCUT2D eigenvalue weighted by atomic mass is 35.5. The number of carbonyl (C=O) groups excluding carboxylic acids is 4. The number of methoxy groups -OCH3 is 2. The lowest BCUT2D eigenvalue weighted by Crippen LogP contribution is -2.54. The van der Waals surface area contributed by atoms with Gasteiger partial charge in [0.15, 0.2) is 0 Å². The van der Waals surface area contributed by atoms with E-state index in [2.05, 4.69) is 70.0 Å². The van der Waals surface area contributed by atoms with Crippen LogP contribution in [0.15, 0.2) is 60.7 Å². The van der Waals surface area contributed by atoms with Gasteiger partial charge in [0.05, 0.1) is 26.3 Å². The summed E-state index contributed by atoms with van der Waals surface area (Å²) in [5.41, 5.74) is 4.97. The van der Waals surface area contributed by atoms with Gasteiger partial charge < -0.3 is 49.3 Å². The van der Waals surface area contributed by atoms with Crippen LogP contribution in [0, 0.1) is 29.6 Å². The zero-order chi connectivity index (χ0) is 47.7. The van der Waals surface area contributed by atoms with E-state index in [9.17, 15) is 19.2 Å². The zero-order valence-electron chi connectivity index (χ0n) is 38.7. The van der Waals surface area contributed by atoms with Crippen LogP contribution in [0.2, 0.25) is 10.3 Å². The number of benzene rings is 3. The van der Waals surface area contributed by atoms with E-state index in [1.165, 1.54) is 14.2 Å². The van der Waals surface area contributed by atoms with Gasteiger partial charge in [-0.1, -0.05) is 78.7 Å². The summed E-state index contributed by atoms with van der Waals surface area (Å²) in [4.78, 5) is 74.2. The molecule has 0 radical (unpaired) electrons. The summed E-state index contributed by atoms with van der Waals surface area (Å²) < 4.78 is 21.0. The van der Waals surface area contributed by atoms with Gasteiger partial charge in [-0.15, -0.1) is 0 Å². The number of imidazole rings is 2. The largest absolute Gasteiger partial charge is 0.453 e. The molecule has 2 aliphatic carbocycles. The number of likely N-dealkylation sites (tertiary alicyclic amines) is 2. The van der Waals surface area contributed by atoms with Crippen LogP contribution in [-0.2, 0) is 28.5 Å². The first-order valence-electron chi connectivity index (χ1n) is 24.1. The van der Waals surface area contributed by atoms with Crippen molar-refractivity contribution in [2.24, 2.45) is 29.6 Å². The average Bonchev–Trinajstić information content (AvgIpc) is 3.90. The molecule has 18 heteroatoms. The molecule has 6 fully saturated rings. The smallest absolute Gasteiger partial charge is 0.407 e. The summed E-state index contributed by atoms with van der Waals surface area (Å²) in [7, 11) is 2.62. The molecule has 4 N–H and O–H groups in total. The number of alkyl carbamates (subject to hydrolysis) is 2. The van der Waals surface area contributed by atoms with Gasteiger partial charge in [-0.2, -0.15) is 0 Å². The fourth-order valence-corrected chi connectivity index (χ4v) is 12.4. The average molecular weight is 980 g/mol. The Morgan fingerprint density at radius 2 is 1.13 bits per heavy atom. The molecule has 2 aromatic heterocycles. The van der Waals surface area contributed by atoms with E-state index in [0.717, 1.165) is 52.3 Å². The van der Waals surface area contributed by atoms with E-state index in [4.69, 9.17) is 52.1 Å². The van der Waals surface area contributed by atoms with Gasteiger partial charge in [-0.3, -0.25) is 9.59 Å². The van der Waals surface area contributed by atoms with Crippen LogP contribution in [0.25, 0.3) is 44.4 Å². The van der Waals surface area contributed by atoms with Crippen molar-refractivity contribution in [1.29, 1.82) is 0 Å². The third-order valence-corrected chi connectivity index (χ3v) is 16.3. The van der Waals surface area contributed by atoms with Gasteiger partial charge in [-0.05, 0) is 109 Å². The molecular formula is C51H56Cl2N8O8. The molecule has 9 atom stereocenters. The molecule has 16 nitrogen and oxygen atoms in total. The molecule has 6 aliphatic rings. The first kappa shape index (κ1) is 45.7. The number of amides is 4. The Balaban J connectivity index is 0.793. The first-order valence-corrected chi connectivity index (χ1v) is 24.9. The third kappa shape index (κ3) is 8.61. The Morgan fingerprint density at radius 1 is 0.652 bits per heavy atom. The van der Waals surface area contributed by atoms with E-state index in [1.54, 1.807) is 0 Å². The Morgan fingerprint density at radius 3 is 1.70 bits per heavy atom. The summed E-state index contributed by atoms with van der Waals surface area (Å²) >= 11 is 13.8. The first-order chi connectivity index (χ1) is 33.5. The van der Waals surface area contributed by atoms with Crippen molar-refractivity contribution in [3.05, 3.63) is 82.6 Å². The maximum atomic E-state index is 14.5. The number of piperidine rings is 2. The molecule has 2 saturated carbocycles. The summed E-state index contributed by atoms with van der Waals surface area (Å²) in [5.74, 6) is 1.99. The van der Waals surface area contributed by atoms with Crippen LogP contribution < -0.4 is 10.6 Å². The van der Waals surface area contributed by atoms with Gasteiger partial charge in [0.1, 0.15) is 45.4 Å². The van der Waals surface area contributed by atoms with Gasteiger partial charge in [0, 0.05) is 49.6 Å². The molecule has 5 aromatic rings. The second kappa shape index (κ2) is 18.6. The molecule has 69 heavy (non-hydrogen) atoms. The van der Waals surface area contributed by atoms with Gasteiger partial charge in [0.25, 0.3) is 0 Å². The normalized spacial score (nSPS) is 26.2. The molecular weight excluding hydrogens is 924 g/mol. The fourth-order valence-electron chi connectivity index (χ4n) is 11.9. The standard InChI is InChI=1S/C51H56Cl2N8O8/c1-25-35-24-38(61(43(25)35)49(63)42(57-51(65)67-3)29-14-18-69-19-15-29)47-55-40(45(53)59-47)33-11-10-31-20-30(8-9-32(31)21-33)26-4-6-27(7-5-26)39-44(52)58-46(54-39)37-23-34-22-36(34)60(37)48(62)41(56-50(64)66-2)28-12-16-68-17-13-28/h4-11,20-21,25,28-29,34-38,41-43H,12-19,22-24H2,1-3H3,(H,54,58)(H,55,59)(H,56,64)(H,57,65)/t25-,34-,35+,36-,37+,38+,41+,42+,43-/m1/s1. The Hall–Kier alpha value is -5.68. The summed E-state index contributed by atoms with van der Waals surface area (Å²) in [6, 6.07) is 18.7. The quantitative estimate of drug-likeness (QED) is 0.0998. The SMILES string of the molecule is COC(=O)N[C@H](C(=O)N1[C@@H]2[C@H](C)[C@@H]2C[C@H]1c1nc(-c2ccc3cc(-c4ccc(-c5nc([C@@H]6C[C@H]7C[C@H]7N6C(=O)[C@@H](NC(=O)OC)C6CCOCC6)[nH]c5Cl)cc4)ccc3c2)c(Cl)[nH]1)C1CCOCC1. The van der Waals surface area contributed by atoms with Gasteiger partial charge in [-0.25, -0.2) is 19.6 Å². The number of hydrogen-bond acceptors (Lipinski definition) is 10. The van der Waals surface area contributed by atoms with Gasteiger partial charge >= 0.3 is 12.2 Å². The Labute approximate surface area is 409 Å². The van der Waals surface area contributed by atoms with Crippen molar-refractivity contribution in [1.82, 2.24) is 40.4 Å². The molecule has 4 amide bonds. The van der Waals surface area contributed by atoms with Crippen LogP contribution in [0.3, 0.4) is 0 Å². The molecule has 0 spiro atoms. The fraction of sp³-hybridized carbons (Fsp3) is 0.490. The topological polar surface area (TPSA) is 193 Å². The number of ether oxygens (including phenoxy) is 4. The Bertz CT molecular complexity index is 2790. The van der Waals surface area contributed by atoms with E-state index < -0.39 is 24.3 Å². The van der Waals surface area contributed by atoms with Crippen LogP contribution >= 0.6 is 23.2 Å². The second-order valence-electron chi connectivity index (χ2n) is 19.6. The summed E-state index contributed by atoms with van der Waals surface area (Å²) in [5, 5.41) is 8.56. The van der Waals surface area contributed by atoms with Crippen molar-refractivity contribution < 1.29 is 38.1 Å². The molecule has 362 valence electrons. The minimum Gasteiger partial charge on any atom is -0.453 e. The van der Waals surface area contributed by atoms with Crippen molar-refractivity contribution in [2.75, 3.05) is 40.6 Å². The van der Waals surface area contributed by atoms with Crippen molar-refractivity contribution >= 4 is 58.0 Å². The maximum Gasteiger partial charge on any atom is 0.407 e. The summed E-state index contributed by atoms with van der Waals surface area (Å²) in [6.45, 7) is 4.33. The van der Waals surface area contributed by atoms with E-state index in [1.807, 2.05) is 28.0 Å². The lowest BCUT2D eigenvalue weighted by molar-refractivity contribution is -0.139. The molecule has 3 aromatic carbocycles. The lowest BCUT2D eigenvalue weighted by Gasteiger charge is -2.35. The predicted octanol–water partition coefficient (Wildman–Crippen LogP) is 8.47. The highest BCUT2D eigenvalue weighted by Gasteiger charge is 2.62. The third-order valence-electron chi connectivity index (χ3n) is 15.8. The number of aromatic nitrogens is 4. The number of halogens is 2. The highest BCUT2D eigenvalue weighted by molar-refractivity contribution is 6.32. The number of nitrogens with one attached hydrogen (secondary N) is 4. The monoisotopic (exact) mass is 978 g/mol. The minimum atomic E-state index is -0.730. The maximum absolute atomic E-state index is 14.5. The highest BCUT2D eigenvalue weighted by Crippen LogP contribution is 2.58. The number of rotatable bonds is 11. The number of H-pyrrole nitrogens is 2. The molecule has 6 heterocycles. The van der Waals surface area contributed by atoms with E-state index >= 15 is 0 Å². The minimum absolute atomic E-state index is 0.0565. The van der Waals surface area contributed by atoms with Crippen molar-refractivity contribution in [3.63, 3.8) is 0 Å². The number of fused-ring (bicyclic) bond motifs is 3. The van der Waals surface area contributed by atoms with Crippen LogP contribution in [0.1, 0.15) is 75.6 Å². The predicted molar refractivity (Wildman–Crippen MR) is 257 cm³/mol. The van der Waals surface area contributed by atoms with Crippen LogP contribution in [0.5, 0.6) is 0 Å². The molecule has 0 unspecified atom stereocenters. The molecule has 0 bridgehead atoms. The summed E-state index contributed by atoms with van der Waals surface area (Å²) in [6.07, 6.45) is 3.90. The van der Waals surface area contributed by atoms with Crippen LogP contribution in [0.4, 0.5) is 9.59 Å². The van der Waals surface area contributed by atoms with Crippen LogP contribution in [-0.4, -0.2) is 119 Å².